The summed E-state index contributed by atoms with van der Waals surface area (Å²) in [6, 6.07) is 0. The Balaban J connectivity index is 2.84. The monoisotopic (exact) mass is 131 g/mol. The lowest BCUT2D eigenvalue weighted by atomic mass is 9.94. The molecular weight excluding hydrogens is 110 g/mol. The molecule has 1 nitrogen and oxygen atoms in total. The van der Waals surface area contributed by atoms with Gasteiger partial charge in [-0.05, 0) is 31.3 Å². The van der Waals surface area contributed by atoms with E-state index in [1.54, 1.807) is 6.92 Å². The number of hydrogen-bond donors (Lipinski definition) is 1. The normalized spacial score (nSPS) is 57.8. The fourth-order valence-electron chi connectivity index (χ4n) is 1.17. The zero-order chi connectivity index (χ0) is 10.3. The molecule has 1 rings (SSSR count). The van der Waals surface area contributed by atoms with Crippen molar-refractivity contribution in [3.05, 3.63) is 0 Å². The maximum atomic E-state index is 7.94. The van der Waals surface area contributed by atoms with Gasteiger partial charge in [0, 0.05) is 4.11 Å². The number of rotatable bonds is 2. The Morgan fingerprint density at radius 2 is 2.78 bits per heavy atom. The van der Waals surface area contributed by atoms with Gasteiger partial charge in [-0.3, -0.25) is 0 Å². The van der Waals surface area contributed by atoms with Crippen molar-refractivity contribution < 1.29 is 5.52 Å². The fourth-order valence-corrected chi connectivity index (χ4v) is 1.17. The first kappa shape index (κ1) is 3.38. The van der Waals surface area contributed by atoms with Crippen LogP contribution in [-0.4, -0.2) is 13.0 Å². The van der Waals surface area contributed by atoms with Crippen LogP contribution in [0, 0.1) is 11.8 Å². The van der Waals surface area contributed by atoms with E-state index in [1.165, 1.54) is 0 Å². The van der Waals surface area contributed by atoms with Crippen LogP contribution < -0.4 is 5.31 Å². The Morgan fingerprint density at radius 1 is 2.00 bits per heavy atom. The largest absolute Gasteiger partial charge is 0.316 e. The SMILES string of the molecule is [2H]N1CC(CCC)C([2H])(C)C1([2H])[2H]. The molecule has 0 aromatic heterocycles. The van der Waals surface area contributed by atoms with Crippen LogP contribution in [0.25, 0.3) is 0 Å². The Labute approximate surface area is 63.5 Å². The summed E-state index contributed by atoms with van der Waals surface area (Å²) in [5.41, 5.74) is 0. The summed E-state index contributed by atoms with van der Waals surface area (Å²) in [4.78, 5) is 0. The molecule has 1 heteroatoms. The van der Waals surface area contributed by atoms with Crippen LogP contribution in [0.1, 0.15) is 30.8 Å². The Morgan fingerprint density at radius 3 is 3.22 bits per heavy atom. The zero-order valence-corrected chi connectivity index (χ0v) is 6.15. The number of hydrogen-bond acceptors (Lipinski definition) is 1. The van der Waals surface area contributed by atoms with Crippen molar-refractivity contribution in [2.45, 2.75) is 26.7 Å². The molecule has 0 aliphatic carbocycles. The molecule has 0 aromatic carbocycles. The molecule has 1 N–H and O–H groups in total. The second-order valence-corrected chi connectivity index (χ2v) is 2.62. The van der Waals surface area contributed by atoms with E-state index in [0.717, 1.165) is 18.2 Å². The van der Waals surface area contributed by atoms with Crippen molar-refractivity contribution in [2.75, 3.05) is 13.0 Å². The van der Waals surface area contributed by atoms with Gasteiger partial charge in [0.15, 0.2) is 0 Å². The van der Waals surface area contributed by atoms with Gasteiger partial charge in [-0.1, -0.05) is 20.3 Å². The third-order valence-corrected chi connectivity index (χ3v) is 1.82. The molecule has 0 amide bonds. The van der Waals surface area contributed by atoms with E-state index in [4.69, 9.17) is 5.52 Å². The zero-order valence-electron chi connectivity index (χ0n) is 10.1. The van der Waals surface area contributed by atoms with E-state index < -0.39 is 12.4 Å². The third-order valence-electron chi connectivity index (χ3n) is 1.82. The lowest BCUT2D eigenvalue weighted by molar-refractivity contribution is 0.418. The second kappa shape index (κ2) is 3.21. The van der Waals surface area contributed by atoms with Crippen molar-refractivity contribution in [1.82, 2.24) is 5.31 Å². The molecule has 0 radical (unpaired) electrons. The van der Waals surface area contributed by atoms with Crippen LogP contribution in [0.2, 0.25) is 1.41 Å². The van der Waals surface area contributed by atoms with Crippen LogP contribution in [-0.2, 0) is 0 Å². The Kier molecular flexibility index (Phi) is 1.21. The van der Waals surface area contributed by atoms with Gasteiger partial charge in [0.25, 0.3) is 0 Å². The summed E-state index contributed by atoms with van der Waals surface area (Å²) in [5.74, 6) is -1.17. The molecule has 0 bridgehead atoms. The van der Waals surface area contributed by atoms with E-state index in [-0.39, 0.29) is 5.92 Å². The summed E-state index contributed by atoms with van der Waals surface area (Å²) < 4.78 is 30.6. The maximum Gasteiger partial charge on any atom is 0.122 e. The summed E-state index contributed by atoms with van der Waals surface area (Å²) >= 11 is 0. The standard InChI is InChI=1S/C8H17N/c1-3-4-8-6-9-5-7(8)2/h7-9H,3-6H2,1-2H3/i5D2,7D/hD. The molecule has 1 aliphatic heterocycles. The first-order valence-electron chi connectivity index (χ1n) is 5.55. The molecule has 9 heavy (non-hydrogen) atoms. The minimum absolute atomic E-state index is 0.0231. The van der Waals surface area contributed by atoms with Crippen LogP contribution in [0.5, 0.6) is 0 Å². The molecule has 1 saturated heterocycles. The van der Waals surface area contributed by atoms with Crippen molar-refractivity contribution in [2.24, 2.45) is 11.8 Å². The van der Waals surface area contributed by atoms with Gasteiger partial charge in [-0.2, -0.15) is 0 Å². The summed E-state index contributed by atoms with van der Waals surface area (Å²) in [6.45, 7) is 2.19. The van der Waals surface area contributed by atoms with Crippen molar-refractivity contribution in [3.63, 3.8) is 0 Å². The van der Waals surface area contributed by atoms with E-state index in [1.807, 2.05) is 6.92 Å². The molecule has 54 valence electrons. The van der Waals surface area contributed by atoms with Crippen LogP contribution >= 0.6 is 0 Å². The van der Waals surface area contributed by atoms with Gasteiger partial charge >= 0.3 is 0 Å². The topological polar surface area (TPSA) is 12.0 Å². The Hall–Kier alpha value is -0.0400. The van der Waals surface area contributed by atoms with Crippen LogP contribution in [0.3, 0.4) is 0 Å². The third kappa shape index (κ3) is 1.68. The highest BCUT2D eigenvalue weighted by atomic mass is 14.9. The van der Waals surface area contributed by atoms with Crippen molar-refractivity contribution >= 4 is 0 Å². The average Bonchev–Trinajstić information content (AvgIpc) is 2.14. The maximum absolute atomic E-state index is 7.94. The van der Waals surface area contributed by atoms with Gasteiger partial charge in [-0.25, -0.2) is 0 Å². The highest BCUT2D eigenvalue weighted by Gasteiger charge is 2.21. The van der Waals surface area contributed by atoms with Crippen LogP contribution in [0.4, 0.5) is 0 Å². The van der Waals surface area contributed by atoms with E-state index in [0.29, 0.717) is 6.54 Å². The fraction of sp³-hybridized carbons (Fsp3) is 1.00. The predicted octanol–water partition coefficient (Wildman–Crippen LogP) is 1.64. The second-order valence-electron chi connectivity index (χ2n) is 2.62. The molecule has 1 fully saturated rings. The molecule has 0 saturated carbocycles. The van der Waals surface area contributed by atoms with Crippen molar-refractivity contribution in [1.29, 1.82) is 0 Å². The Bertz CT molecular complexity index is 193. The number of nitrogens with one attached hydrogen (secondary N) is 1. The van der Waals surface area contributed by atoms with E-state index in [9.17, 15) is 0 Å². The minimum atomic E-state index is -1.81. The first-order valence-corrected chi connectivity index (χ1v) is 3.60. The molecule has 2 unspecified atom stereocenters. The highest BCUT2D eigenvalue weighted by Crippen LogP contribution is 2.20. The smallest absolute Gasteiger partial charge is 0.122 e. The molecule has 0 aromatic rings. The van der Waals surface area contributed by atoms with E-state index >= 15 is 0 Å². The molecular formula is C8H17N. The lowest BCUT2D eigenvalue weighted by Crippen LogP contribution is -2.08. The molecule has 2 atom stereocenters. The minimum Gasteiger partial charge on any atom is -0.316 e. The van der Waals surface area contributed by atoms with Crippen LogP contribution in [0.15, 0.2) is 0 Å². The molecule has 0 spiro atoms. The van der Waals surface area contributed by atoms with Gasteiger partial charge in [-0.15, -0.1) is 0 Å². The van der Waals surface area contributed by atoms with Gasteiger partial charge in [0.05, 0.1) is 0 Å². The van der Waals surface area contributed by atoms with Gasteiger partial charge in [0.2, 0.25) is 0 Å². The molecule has 1 heterocycles. The summed E-state index contributed by atoms with van der Waals surface area (Å²) in [5, 5.41) is 0.917. The summed E-state index contributed by atoms with van der Waals surface area (Å²) in [7, 11) is 0. The average molecular weight is 131 g/mol. The highest BCUT2D eigenvalue weighted by molar-refractivity contribution is 4.76. The van der Waals surface area contributed by atoms with Crippen molar-refractivity contribution in [3.8, 4) is 0 Å². The molecule has 1 aliphatic rings. The quantitative estimate of drug-likeness (QED) is 0.601. The van der Waals surface area contributed by atoms with Gasteiger partial charge in [0.1, 0.15) is 1.41 Å². The first-order chi connectivity index (χ1) is 5.84. The predicted molar refractivity (Wildman–Crippen MR) is 40.4 cm³/mol. The lowest BCUT2D eigenvalue weighted by Gasteiger charge is -2.11. The van der Waals surface area contributed by atoms with E-state index in [2.05, 4.69) is 0 Å². The summed E-state index contributed by atoms with van der Waals surface area (Å²) in [6.07, 6.45) is 1.78. The van der Waals surface area contributed by atoms with Gasteiger partial charge < -0.3 is 5.31 Å².